The molecule has 30 heavy (non-hydrogen) atoms. The van der Waals surface area contributed by atoms with Crippen molar-refractivity contribution in [3.05, 3.63) is 64.5 Å². The molecule has 0 saturated carbocycles. The Morgan fingerprint density at radius 3 is 2.50 bits per heavy atom. The number of tetrazole rings is 1. The SMILES string of the molecule is Cc1c(-n2nnnc2Sc2ccnc(C(C)(C)C)n2)c(=O)n(-c2ccccc2)n1C. The molecule has 0 aliphatic heterocycles. The summed E-state index contributed by atoms with van der Waals surface area (Å²) in [6, 6.07) is 11.3. The molecule has 1 aromatic carbocycles. The van der Waals surface area contributed by atoms with Crippen LogP contribution in [0.3, 0.4) is 0 Å². The molecule has 9 nitrogen and oxygen atoms in total. The van der Waals surface area contributed by atoms with E-state index in [1.807, 2.05) is 44.3 Å². The molecule has 0 saturated heterocycles. The second-order valence-corrected chi connectivity index (χ2v) is 8.84. The highest BCUT2D eigenvalue weighted by molar-refractivity contribution is 7.99. The van der Waals surface area contributed by atoms with Gasteiger partial charge in [-0.25, -0.2) is 14.6 Å². The number of benzene rings is 1. The molecule has 0 amide bonds. The number of hydrogen-bond donors (Lipinski definition) is 0. The largest absolute Gasteiger partial charge is 0.297 e. The molecule has 0 fully saturated rings. The van der Waals surface area contributed by atoms with Crippen LogP contribution in [0, 0.1) is 6.92 Å². The van der Waals surface area contributed by atoms with Gasteiger partial charge in [0.2, 0.25) is 5.16 Å². The van der Waals surface area contributed by atoms with Crippen LogP contribution in [0.4, 0.5) is 0 Å². The quantitative estimate of drug-likeness (QED) is 0.467. The summed E-state index contributed by atoms with van der Waals surface area (Å²) in [6.07, 6.45) is 1.72. The van der Waals surface area contributed by atoms with Crippen molar-refractivity contribution in [3.63, 3.8) is 0 Å². The molecule has 0 bridgehead atoms. The molecule has 154 valence electrons. The van der Waals surface area contributed by atoms with E-state index in [0.29, 0.717) is 15.9 Å². The van der Waals surface area contributed by atoms with Crippen molar-refractivity contribution in [2.75, 3.05) is 0 Å². The lowest BCUT2D eigenvalue weighted by Crippen LogP contribution is -2.22. The lowest BCUT2D eigenvalue weighted by atomic mass is 9.96. The zero-order valence-electron chi connectivity index (χ0n) is 17.4. The molecule has 10 heteroatoms. The van der Waals surface area contributed by atoms with Crippen molar-refractivity contribution in [3.8, 4) is 11.4 Å². The normalized spacial score (nSPS) is 11.8. The van der Waals surface area contributed by atoms with Crippen LogP contribution in [0.15, 0.2) is 57.6 Å². The average Bonchev–Trinajstić information content (AvgIpc) is 3.24. The van der Waals surface area contributed by atoms with Crippen molar-refractivity contribution < 1.29 is 0 Å². The highest BCUT2D eigenvalue weighted by atomic mass is 32.2. The first kappa shape index (κ1) is 20.0. The monoisotopic (exact) mass is 422 g/mol. The topological polar surface area (TPSA) is 96.3 Å². The third-order valence-electron chi connectivity index (χ3n) is 4.67. The van der Waals surface area contributed by atoms with Crippen LogP contribution in [0.5, 0.6) is 0 Å². The van der Waals surface area contributed by atoms with Gasteiger partial charge in [-0.3, -0.25) is 9.48 Å². The highest BCUT2D eigenvalue weighted by Crippen LogP contribution is 2.27. The predicted molar refractivity (Wildman–Crippen MR) is 113 cm³/mol. The number of nitrogens with zero attached hydrogens (tertiary/aromatic N) is 8. The molecule has 4 rings (SSSR count). The second kappa shape index (κ2) is 7.52. The van der Waals surface area contributed by atoms with Crippen molar-refractivity contribution in [1.29, 1.82) is 0 Å². The summed E-state index contributed by atoms with van der Waals surface area (Å²) in [4.78, 5) is 22.3. The molecular formula is C20H22N8OS. The first-order valence-electron chi connectivity index (χ1n) is 9.41. The van der Waals surface area contributed by atoms with E-state index in [4.69, 9.17) is 0 Å². The van der Waals surface area contributed by atoms with Gasteiger partial charge in [0.05, 0.1) is 11.4 Å². The summed E-state index contributed by atoms with van der Waals surface area (Å²) in [5.74, 6) is 0.730. The number of rotatable bonds is 4. The molecule has 0 aliphatic carbocycles. The average molecular weight is 423 g/mol. The maximum Gasteiger partial charge on any atom is 0.297 e. The molecule has 0 unspecified atom stereocenters. The zero-order chi connectivity index (χ0) is 21.5. The van der Waals surface area contributed by atoms with E-state index in [1.54, 1.807) is 21.6 Å². The Balaban J connectivity index is 1.77. The smallest absolute Gasteiger partial charge is 0.283 e. The molecule has 0 spiro atoms. The Kier molecular flexibility index (Phi) is 5.02. The summed E-state index contributed by atoms with van der Waals surface area (Å²) in [7, 11) is 1.84. The zero-order valence-corrected chi connectivity index (χ0v) is 18.3. The Labute approximate surface area is 177 Å². The fourth-order valence-corrected chi connectivity index (χ4v) is 3.77. The lowest BCUT2D eigenvalue weighted by Gasteiger charge is -2.16. The van der Waals surface area contributed by atoms with E-state index in [9.17, 15) is 4.79 Å². The van der Waals surface area contributed by atoms with Gasteiger partial charge < -0.3 is 0 Å². The van der Waals surface area contributed by atoms with Gasteiger partial charge in [0, 0.05) is 18.7 Å². The predicted octanol–water partition coefficient (Wildman–Crippen LogP) is 2.70. The van der Waals surface area contributed by atoms with Crippen LogP contribution < -0.4 is 5.56 Å². The molecule has 0 N–H and O–H groups in total. The van der Waals surface area contributed by atoms with E-state index in [0.717, 1.165) is 17.2 Å². The minimum atomic E-state index is -0.201. The summed E-state index contributed by atoms with van der Waals surface area (Å²) in [5.41, 5.74) is 1.54. The summed E-state index contributed by atoms with van der Waals surface area (Å²) in [5, 5.41) is 13.2. The van der Waals surface area contributed by atoms with Crippen LogP contribution >= 0.6 is 11.8 Å². The first-order chi connectivity index (χ1) is 14.3. The fourth-order valence-electron chi connectivity index (χ4n) is 3.03. The maximum absolute atomic E-state index is 13.3. The van der Waals surface area contributed by atoms with E-state index < -0.39 is 0 Å². The lowest BCUT2D eigenvalue weighted by molar-refractivity contribution is 0.538. The first-order valence-corrected chi connectivity index (χ1v) is 10.2. The Morgan fingerprint density at radius 1 is 1.07 bits per heavy atom. The Morgan fingerprint density at radius 2 is 1.80 bits per heavy atom. The van der Waals surface area contributed by atoms with E-state index in [1.165, 1.54) is 16.4 Å². The van der Waals surface area contributed by atoms with E-state index in [2.05, 4.69) is 46.3 Å². The van der Waals surface area contributed by atoms with Crippen molar-refractivity contribution >= 4 is 11.8 Å². The molecular weight excluding hydrogens is 400 g/mol. The number of para-hydroxylation sites is 1. The fraction of sp³-hybridized carbons (Fsp3) is 0.300. The number of hydrogen-bond acceptors (Lipinski definition) is 7. The summed E-state index contributed by atoms with van der Waals surface area (Å²) in [6.45, 7) is 8.04. The Bertz CT molecular complexity index is 1250. The minimum Gasteiger partial charge on any atom is -0.283 e. The molecule has 0 radical (unpaired) electrons. The van der Waals surface area contributed by atoms with Gasteiger partial charge in [0.15, 0.2) is 5.69 Å². The number of aromatic nitrogens is 8. The van der Waals surface area contributed by atoms with Crippen molar-refractivity contribution in [2.24, 2.45) is 7.05 Å². The van der Waals surface area contributed by atoms with Gasteiger partial charge in [-0.05, 0) is 47.3 Å². The molecule has 3 aromatic heterocycles. The van der Waals surface area contributed by atoms with E-state index in [-0.39, 0.29) is 11.0 Å². The van der Waals surface area contributed by atoms with Crippen LogP contribution in [0.1, 0.15) is 32.3 Å². The Hall–Kier alpha value is -3.27. The van der Waals surface area contributed by atoms with Gasteiger partial charge >= 0.3 is 0 Å². The van der Waals surface area contributed by atoms with E-state index >= 15 is 0 Å². The third-order valence-corrected chi connectivity index (χ3v) is 5.55. The third kappa shape index (κ3) is 3.54. The standard InChI is InChI=1S/C20H22N8OS/c1-13-16(17(29)28(26(13)5)14-9-7-6-8-10-14)27-19(23-24-25-27)30-15-11-12-21-18(22-15)20(2,3)4/h6-12H,1-5H3. The van der Waals surface area contributed by atoms with Gasteiger partial charge in [-0.15, -0.1) is 5.10 Å². The van der Waals surface area contributed by atoms with Gasteiger partial charge in [0.1, 0.15) is 10.9 Å². The molecule has 0 aliphatic rings. The van der Waals surface area contributed by atoms with Crippen LogP contribution in [0.2, 0.25) is 0 Å². The van der Waals surface area contributed by atoms with Gasteiger partial charge in [-0.1, -0.05) is 39.0 Å². The molecule has 4 aromatic rings. The minimum absolute atomic E-state index is 0.179. The summed E-state index contributed by atoms with van der Waals surface area (Å²) >= 11 is 1.29. The second-order valence-electron chi connectivity index (χ2n) is 7.85. The highest BCUT2D eigenvalue weighted by Gasteiger charge is 2.23. The van der Waals surface area contributed by atoms with Gasteiger partial charge in [0.25, 0.3) is 5.56 Å². The maximum atomic E-state index is 13.3. The van der Waals surface area contributed by atoms with Crippen molar-refractivity contribution in [2.45, 2.75) is 43.3 Å². The molecule has 0 atom stereocenters. The van der Waals surface area contributed by atoms with Gasteiger partial charge in [-0.2, -0.15) is 4.68 Å². The van der Waals surface area contributed by atoms with Crippen LogP contribution in [0.25, 0.3) is 11.4 Å². The van der Waals surface area contributed by atoms with Crippen LogP contribution in [-0.4, -0.2) is 39.5 Å². The molecule has 3 heterocycles. The van der Waals surface area contributed by atoms with Crippen molar-refractivity contribution in [1.82, 2.24) is 39.5 Å². The summed E-state index contributed by atoms with van der Waals surface area (Å²) < 4.78 is 4.87. The van der Waals surface area contributed by atoms with Crippen LogP contribution in [-0.2, 0) is 12.5 Å².